The Bertz CT molecular complexity index is 1080. The van der Waals surface area contributed by atoms with Crippen molar-refractivity contribution >= 4 is 40.9 Å². The quantitative estimate of drug-likeness (QED) is 0.276. The molecule has 9 heteroatoms. The predicted octanol–water partition coefficient (Wildman–Crippen LogP) is 5.94. The van der Waals surface area contributed by atoms with E-state index >= 15 is 0 Å². The molecular weight excluding hydrogens is 427 g/mol. The summed E-state index contributed by atoms with van der Waals surface area (Å²) in [4.78, 5) is 14.1. The Hall–Kier alpha value is -3.16. The van der Waals surface area contributed by atoms with E-state index in [0.717, 1.165) is 28.0 Å². The number of pyridine rings is 1. The first-order valence-electron chi connectivity index (χ1n) is 8.91. The fourth-order valence-corrected chi connectivity index (χ4v) is 3.27. The van der Waals surface area contributed by atoms with Gasteiger partial charge in [-0.15, -0.1) is 0 Å². The molecule has 0 atom stereocenters. The van der Waals surface area contributed by atoms with Gasteiger partial charge in [-0.2, -0.15) is 5.10 Å². The highest BCUT2D eigenvalue weighted by atomic mass is 35.5. The number of hydrogen-bond donors (Lipinski definition) is 1. The SMILES string of the molecule is Cc1cc(/C=N/Nc2ccc([N+](=O)[O-])cn2)cc(C)c1OCc1ccc(Cl)cc1Cl. The van der Waals surface area contributed by atoms with Gasteiger partial charge in [0.2, 0.25) is 0 Å². The Balaban J connectivity index is 1.66. The van der Waals surface area contributed by atoms with Gasteiger partial charge in [-0.3, -0.25) is 15.5 Å². The molecule has 3 aromatic rings. The van der Waals surface area contributed by atoms with Crippen molar-refractivity contribution in [2.24, 2.45) is 5.10 Å². The first-order chi connectivity index (χ1) is 14.3. The fourth-order valence-electron chi connectivity index (χ4n) is 2.81. The zero-order valence-electron chi connectivity index (χ0n) is 16.2. The third-order valence-corrected chi connectivity index (χ3v) is 4.81. The highest BCUT2D eigenvalue weighted by Crippen LogP contribution is 2.27. The molecule has 0 aliphatic rings. The summed E-state index contributed by atoms with van der Waals surface area (Å²) < 4.78 is 5.98. The monoisotopic (exact) mass is 444 g/mol. The second-order valence-electron chi connectivity index (χ2n) is 6.54. The molecule has 7 nitrogen and oxygen atoms in total. The predicted molar refractivity (Wildman–Crippen MR) is 119 cm³/mol. The molecule has 30 heavy (non-hydrogen) atoms. The Morgan fingerprint density at radius 3 is 2.50 bits per heavy atom. The van der Waals surface area contributed by atoms with Gasteiger partial charge in [-0.05, 0) is 60.9 Å². The standard InChI is InChI=1S/C21H18Cl2N4O3/c1-13-7-15(10-25-26-20-6-5-18(11-24-20)27(28)29)8-14(2)21(13)30-12-16-3-4-17(22)9-19(16)23/h3-11H,12H2,1-2H3,(H,24,26)/b25-10+. The lowest BCUT2D eigenvalue weighted by molar-refractivity contribution is -0.385. The number of rotatable bonds is 7. The number of hydrogen-bond acceptors (Lipinski definition) is 6. The largest absolute Gasteiger partial charge is 0.488 e. The molecule has 1 N–H and O–H groups in total. The number of halogens is 2. The number of nitrogens with one attached hydrogen (secondary N) is 1. The van der Waals surface area contributed by atoms with Crippen LogP contribution in [0.4, 0.5) is 11.5 Å². The summed E-state index contributed by atoms with van der Waals surface area (Å²) in [5.74, 6) is 1.19. The van der Waals surface area contributed by atoms with Crippen molar-refractivity contribution < 1.29 is 9.66 Å². The molecule has 0 fully saturated rings. The van der Waals surface area contributed by atoms with Gasteiger partial charge in [-0.25, -0.2) is 4.98 Å². The van der Waals surface area contributed by atoms with Gasteiger partial charge in [0.15, 0.2) is 0 Å². The normalized spacial score (nSPS) is 10.9. The zero-order valence-corrected chi connectivity index (χ0v) is 17.7. The number of hydrazone groups is 1. The van der Waals surface area contributed by atoms with E-state index in [-0.39, 0.29) is 5.69 Å². The average Bonchev–Trinajstić information content (AvgIpc) is 2.69. The Morgan fingerprint density at radius 1 is 1.17 bits per heavy atom. The third-order valence-electron chi connectivity index (χ3n) is 4.22. The van der Waals surface area contributed by atoms with E-state index in [2.05, 4.69) is 15.5 Å². The van der Waals surface area contributed by atoms with Crippen LogP contribution < -0.4 is 10.2 Å². The number of nitro groups is 1. The minimum Gasteiger partial charge on any atom is -0.488 e. The summed E-state index contributed by atoms with van der Waals surface area (Å²) in [7, 11) is 0. The van der Waals surface area contributed by atoms with E-state index in [1.165, 1.54) is 18.3 Å². The molecule has 0 amide bonds. The van der Waals surface area contributed by atoms with Crippen LogP contribution in [-0.2, 0) is 6.61 Å². The Morgan fingerprint density at radius 2 is 1.90 bits per heavy atom. The van der Waals surface area contributed by atoms with Crippen LogP contribution >= 0.6 is 23.2 Å². The number of aryl methyl sites for hydroxylation is 2. The topological polar surface area (TPSA) is 89.7 Å². The molecule has 0 unspecified atom stereocenters. The van der Waals surface area contributed by atoms with Gasteiger partial charge in [-0.1, -0.05) is 29.3 Å². The molecule has 1 aromatic heterocycles. The molecule has 2 aromatic carbocycles. The van der Waals surface area contributed by atoms with Crippen LogP contribution in [0.2, 0.25) is 10.0 Å². The molecular formula is C21H18Cl2N4O3. The highest BCUT2D eigenvalue weighted by Gasteiger charge is 2.09. The van der Waals surface area contributed by atoms with Gasteiger partial charge in [0.1, 0.15) is 24.4 Å². The summed E-state index contributed by atoms with van der Waals surface area (Å²) in [6, 6.07) is 12.0. The van der Waals surface area contributed by atoms with E-state index < -0.39 is 4.92 Å². The smallest absolute Gasteiger partial charge is 0.287 e. The average molecular weight is 445 g/mol. The fraction of sp³-hybridized carbons (Fsp3) is 0.143. The Kier molecular flexibility index (Phi) is 6.87. The number of aromatic nitrogens is 1. The molecule has 0 aliphatic heterocycles. The van der Waals surface area contributed by atoms with Gasteiger partial charge in [0, 0.05) is 21.7 Å². The van der Waals surface area contributed by atoms with Gasteiger partial charge in [0.25, 0.3) is 5.69 Å². The lowest BCUT2D eigenvalue weighted by Gasteiger charge is -2.14. The molecule has 154 valence electrons. The summed E-state index contributed by atoms with van der Waals surface area (Å²) in [5, 5.41) is 15.9. The summed E-state index contributed by atoms with van der Waals surface area (Å²) in [6.07, 6.45) is 2.81. The number of anilines is 1. The van der Waals surface area contributed by atoms with E-state index in [4.69, 9.17) is 27.9 Å². The molecule has 0 saturated carbocycles. The van der Waals surface area contributed by atoms with Crippen molar-refractivity contribution in [2.75, 3.05) is 5.43 Å². The van der Waals surface area contributed by atoms with Crippen molar-refractivity contribution in [2.45, 2.75) is 20.5 Å². The molecule has 3 rings (SSSR count). The van der Waals surface area contributed by atoms with Crippen LogP contribution in [0.25, 0.3) is 0 Å². The summed E-state index contributed by atoms with van der Waals surface area (Å²) in [6.45, 7) is 4.24. The lowest BCUT2D eigenvalue weighted by atomic mass is 10.1. The molecule has 0 bridgehead atoms. The van der Waals surface area contributed by atoms with Crippen molar-refractivity contribution in [3.8, 4) is 5.75 Å². The molecule has 0 saturated heterocycles. The van der Waals surface area contributed by atoms with E-state index in [1.807, 2.05) is 32.0 Å². The number of nitrogens with zero attached hydrogens (tertiary/aromatic N) is 3. The molecule has 1 heterocycles. The van der Waals surface area contributed by atoms with Crippen LogP contribution in [0.3, 0.4) is 0 Å². The van der Waals surface area contributed by atoms with Crippen LogP contribution in [0.1, 0.15) is 22.3 Å². The number of ether oxygens (including phenoxy) is 1. The van der Waals surface area contributed by atoms with Crippen molar-refractivity contribution in [3.05, 3.63) is 91.1 Å². The van der Waals surface area contributed by atoms with Crippen molar-refractivity contribution in [1.29, 1.82) is 0 Å². The minimum atomic E-state index is -0.504. The second kappa shape index (κ2) is 9.56. The van der Waals surface area contributed by atoms with Crippen molar-refractivity contribution in [1.82, 2.24) is 4.98 Å². The molecule has 0 spiro atoms. The maximum absolute atomic E-state index is 10.7. The van der Waals surface area contributed by atoms with Gasteiger partial charge < -0.3 is 4.74 Å². The maximum Gasteiger partial charge on any atom is 0.287 e. The molecule has 0 aliphatic carbocycles. The van der Waals surface area contributed by atoms with Gasteiger partial charge in [0.05, 0.1) is 11.1 Å². The highest BCUT2D eigenvalue weighted by molar-refractivity contribution is 6.35. The van der Waals surface area contributed by atoms with Gasteiger partial charge >= 0.3 is 0 Å². The second-order valence-corrected chi connectivity index (χ2v) is 7.38. The zero-order chi connectivity index (χ0) is 21.7. The van der Waals surface area contributed by atoms with E-state index in [1.54, 1.807) is 18.3 Å². The van der Waals surface area contributed by atoms with Crippen LogP contribution in [-0.4, -0.2) is 16.1 Å². The van der Waals surface area contributed by atoms with Crippen LogP contribution in [0, 0.1) is 24.0 Å². The summed E-state index contributed by atoms with van der Waals surface area (Å²) >= 11 is 12.1. The Labute approximate surface area is 183 Å². The third kappa shape index (κ3) is 5.46. The van der Waals surface area contributed by atoms with E-state index in [9.17, 15) is 10.1 Å². The first kappa shape index (κ1) is 21.5. The molecule has 0 radical (unpaired) electrons. The minimum absolute atomic E-state index is 0.0775. The lowest BCUT2D eigenvalue weighted by Crippen LogP contribution is -2.01. The van der Waals surface area contributed by atoms with Crippen LogP contribution in [0.5, 0.6) is 5.75 Å². The van der Waals surface area contributed by atoms with Crippen LogP contribution in [0.15, 0.2) is 53.8 Å². The number of benzene rings is 2. The van der Waals surface area contributed by atoms with E-state index in [0.29, 0.717) is 22.5 Å². The first-order valence-corrected chi connectivity index (χ1v) is 9.66. The summed E-state index contributed by atoms with van der Waals surface area (Å²) in [5.41, 5.74) is 6.30. The van der Waals surface area contributed by atoms with Crippen molar-refractivity contribution in [3.63, 3.8) is 0 Å². The maximum atomic E-state index is 10.7.